The lowest BCUT2D eigenvalue weighted by molar-refractivity contribution is -0.137. The lowest BCUT2D eigenvalue weighted by Crippen LogP contribution is -2.22. The highest BCUT2D eigenvalue weighted by molar-refractivity contribution is 6.76. The van der Waals surface area contributed by atoms with Crippen LogP contribution in [-0.2, 0) is 21.0 Å². The molecule has 0 saturated carbocycles. The minimum Gasteiger partial charge on any atom is -0.463 e. The number of nitrogens with zero attached hydrogens (tertiary/aromatic N) is 2. The van der Waals surface area contributed by atoms with E-state index in [1.807, 2.05) is 53.1 Å². The van der Waals surface area contributed by atoms with Crippen molar-refractivity contribution in [3.8, 4) is 22.5 Å². The van der Waals surface area contributed by atoms with Crippen LogP contribution in [0.3, 0.4) is 0 Å². The summed E-state index contributed by atoms with van der Waals surface area (Å²) in [5.74, 6) is 0.271. The number of hydrogen-bond acceptors (Lipinski definition) is 4. The van der Waals surface area contributed by atoms with Gasteiger partial charge in [-0.3, -0.25) is 4.57 Å². The molecule has 0 aliphatic carbocycles. The Bertz CT molecular complexity index is 1040. The molecule has 0 bridgehead atoms. The molecule has 168 valence electrons. The van der Waals surface area contributed by atoms with Crippen LogP contribution in [0.1, 0.15) is 12.7 Å². The Morgan fingerprint density at radius 1 is 1.00 bits per heavy atom. The van der Waals surface area contributed by atoms with Crippen molar-refractivity contribution in [2.24, 2.45) is 0 Å². The van der Waals surface area contributed by atoms with E-state index in [9.17, 15) is 4.79 Å². The van der Waals surface area contributed by atoms with Crippen LogP contribution in [0.5, 0.6) is 0 Å². The molecule has 1 heterocycles. The van der Waals surface area contributed by atoms with Crippen LogP contribution < -0.4 is 0 Å². The Morgan fingerprint density at radius 2 is 1.62 bits per heavy atom. The normalized spacial score (nSPS) is 11.8. The fourth-order valence-electron chi connectivity index (χ4n) is 3.28. The highest BCUT2D eigenvalue weighted by Gasteiger charge is 2.20. The van der Waals surface area contributed by atoms with Crippen molar-refractivity contribution in [3.05, 3.63) is 72.6 Å². The summed E-state index contributed by atoms with van der Waals surface area (Å²) in [6.45, 7) is 10.2. The van der Waals surface area contributed by atoms with Gasteiger partial charge in [0.05, 0.1) is 18.0 Å². The minimum absolute atomic E-state index is 0.335. The Kier molecular flexibility index (Phi) is 8.19. The van der Waals surface area contributed by atoms with Gasteiger partial charge in [-0.05, 0) is 19.0 Å². The van der Waals surface area contributed by atoms with Crippen molar-refractivity contribution in [2.75, 3.05) is 13.2 Å². The SMILES string of the molecule is CCOC(=O)/C=C/c1nc(-c2ccccc2)c(-c2ccccc2)n1COCC[Si](C)(C)C. The van der Waals surface area contributed by atoms with Gasteiger partial charge in [0.15, 0.2) is 0 Å². The summed E-state index contributed by atoms with van der Waals surface area (Å²) in [5, 5.41) is 0. The van der Waals surface area contributed by atoms with E-state index in [4.69, 9.17) is 14.5 Å². The zero-order valence-electron chi connectivity index (χ0n) is 19.4. The highest BCUT2D eigenvalue weighted by Crippen LogP contribution is 2.33. The van der Waals surface area contributed by atoms with Crippen LogP contribution in [0.2, 0.25) is 25.7 Å². The molecular formula is C26H32N2O3Si. The number of carbonyl (C=O) groups excluding carboxylic acids is 1. The van der Waals surface area contributed by atoms with Crippen molar-refractivity contribution >= 4 is 20.1 Å². The van der Waals surface area contributed by atoms with E-state index in [0.29, 0.717) is 25.8 Å². The second kappa shape index (κ2) is 11.1. The standard InChI is InChI=1S/C26H32N2O3Si/c1-5-31-24(29)17-16-23-27-25(21-12-8-6-9-13-21)26(22-14-10-7-11-15-22)28(23)20-30-18-19-32(2,3)4/h6-17H,5,18-20H2,1-4H3/b17-16+. The van der Waals surface area contributed by atoms with Gasteiger partial charge in [-0.2, -0.15) is 0 Å². The second-order valence-corrected chi connectivity index (χ2v) is 14.4. The Morgan fingerprint density at radius 3 is 2.22 bits per heavy atom. The molecule has 0 unspecified atom stereocenters. The summed E-state index contributed by atoms with van der Waals surface area (Å²) >= 11 is 0. The van der Waals surface area contributed by atoms with Gasteiger partial charge in [-0.25, -0.2) is 9.78 Å². The van der Waals surface area contributed by atoms with Gasteiger partial charge < -0.3 is 9.47 Å². The van der Waals surface area contributed by atoms with E-state index in [2.05, 4.69) is 31.8 Å². The maximum absolute atomic E-state index is 12.0. The number of imidazole rings is 1. The predicted octanol–water partition coefficient (Wildman–Crippen LogP) is 6.11. The molecule has 3 rings (SSSR count). The van der Waals surface area contributed by atoms with Crippen LogP contribution in [0, 0.1) is 0 Å². The van der Waals surface area contributed by atoms with E-state index in [1.54, 1.807) is 13.0 Å². The molecule has 0 aliphatic heterocycles. The first-order chi connectivity index (χ1) is 15.4. The van der Waals surface area contributed by atoms with E-state index in [1.165, 1.54) is 6.08 Å². The minimum atomic E-state index is -1.20. The van der Waals surface area contributed by atoms with Gasteiger partial charge in [0.2, 0.25) is 0 Å². The number of benzene rings is 2. The number of hydrogen-bond donors (Lipinski definition) is 0. The summed E-state index contributed by atoms with van der Waals surface area (Å²) in [4.78, 5) is 16.9. The first-order valence-electron chi connectivity index (χ1n) is 11.0. The molecule has 0 amide bonds. The van der Waals surface area contributed by atoms with Gasteiger partial charge in [0.25, 0.3) is 0 Å². The van der Waals surface area contributed by atoms with Crippen LogP contribution in [0.25, 0.3) is 28.6 Å². The highest BCUT2D eigenvalue weighted by atomic mass is 28.3. The molecule has 5 nitrogen and oxygen atoms in total. The molecule has 6 heteroatoms. The molecule has 0 saturated heterocycles. The Labute approximate surface area is 191 Å². The average Bonchev–Trinajstić information content (AvgIpc) is 3.14. The summed E-state index contributed by atoms with van der Waals surface area (Å²) in [6, 6.07) is 21.3. The molecule has 0 N–H and O–H groups in total. The fourth-order valence-corrected chi connectivity index (χ4v) is 4.04. The zero-order valence-corrected chi connectivity index (χ0v) is 20.4. The number of rotatable bonds is 10. The summed E-state index contributed by atoms with van der Waals surface area (Å²) in [7, 11) is -1.20. The third kappa shape index (κ3) is 6.52. The molecule has 2 aromatic carbocycles. The van der Waals surface area contributed by atoms with Crippen LogP contribution >= 0.6 is 0 Å². The van der Waals surface area contributed by atoms with Crippen molar-refractivity contribution in [1.82, 2.24) is 9.55 Å². The summed E-state index contributed by atoms with van der Waals surface area (Å²) in [6.07, 6.45) is 3.13. The molecule has 0 radical (unpaired) electrons. The number of aromatic nitrogens is 2. The first-order valence-corrected chi connectivity index (χ1v) is 14.7. The van der Waals surface area contributed by atoms with E-state index < -0.39 is 8.07 Å². The van der Waals surface area contributed by atoms with Crippen LogP contribution in [0.4, 0.5) is 0 Å². The van der Waals surface area contributed by atoms with Crippen molar-refractivity contribution in [2.45, 2.75) is 39.3 Å². The number of carbonyl (C=O) groups is 1. The Hall–Kier alpha value is -2.96. The van der Waals surface area contributed by atoms with Gasteiger partial charge in [-0.1, -0.05) is 80.3 Å². The number of ether oxygens (including phenoxy) is 2. The maximum atomic E-state index is 12.0. The van der Waals surface area contributed by atoms with E-state index in [-0.39, 0.29) is 5.97 Å². The third-order valence-corrected chi connectivity index (χ3v) is 6.67. The fraction of sp³-hybridized carbons (Fsp3) is 0.308. The zero-order chi connectivity index (χ0) is 23.0. The molecule has 0 aliphatic rings. The Balaban J connectivity index is 2.06. The van der Waals surface area contributed by atoms with Gasteiger partial charge >= 0.3 is 5.97 Å². The maximum Gasteiger partial charge on any atom is 0.330 e. The third-order valence-electron chi connectivity index (χ3n) is 4.96. The van der Waals surface area contributed by atoms with Crippen molar-refractivity contribution in [1.29, 1.82) is 0 Å². The summed E-state index contributed by atoms with van der Waals surface area (Å²) < 4.78 is 13.2. The lowest BCUT2D eigenvalue weighted by Gasteiger charge is -2.17. The van der Waals surface area contributed by atoms with Gasteiger partial charge in [0, 0.05) is 31.9 Å². The molecule has 0 fully saturated rings. The van der Waals surface area contributed by atoms with Gasteiger partial charge in [-0.15, -0.1) is 0 Å². The molecule has 0 atom stereocenters. The summed E-state index contributed by atoms with van der Waals surface area (Å²) in [5.41, 5.74) is 3.88. The van der Waals surface area contributed by atoms with E-state index >= 15 is 0 Å². The smallest absolute Gasteiger partial charge is 0.330 e. The van der Waals surface area contributed by atoms with Crippen molar-refractivity contribution in [3.63, 3.8) is 0 Å². The largest absolute Gasteiger partial charge is 0.463 e. The average molecular weight is 449 g/mol. The second-order valence-electron chi connectivity index (χ2n) is 8.76. The van der Waals surface area contributed by atoms with Crippen LogP contribution in [-0.4, -0.2) is 36.8 Å². The topological polar surface area (TPSA) is 53.3 Å². The molecule has 1 aromatic heterocycles. The number of esters is 1. The molecule has 0 spiro atoms. The van der Waals surface area contributed by atoms with E-state index in [0.717, 1.165) is 28.6 Å². The molecule has 32 heavy (non-hydrogen) atoms. The molecule has 3 aromatic rings. The molecular weight excluding hydrogens is 416 g/mol. The van der Waals surface area contributed by atoms with Crippen molar-refractivity contribution < 1.29 is 14.3 Å². The van der Waals surface area contributed by atoms with Gasteiger partial charge in [0.1, 0.15) is 12.6 Å². The monoisotopic (exact) mass is 448 g/mol. The van der Waals surface area contributed by atoms with Crippen LogP contribution in [0.15, 0.2) is 66.7 Å². The first kappa shape index (κ1) is 23.7. The quantitative estimate of drug-likeness (QED) is 0.163. The lowest BCUT2D eigenvalue weighted by atomic mass is 10.0. The predicted molar refractivity (Wildman–Crippen MR) is 133 cm³/mol.